The summed E-state index contributed by atoms with van der Waals surface area (Å²) in [7, 11) is -4.64. The monoisotopic (exact) mass is 320 g/mol. The average molecular weight is 320 g/mol. The van der Waals surface area contributed by atoms with Gasteiger partial charge in [-0.25, -0.2) is 4.57 Å². The fourth-order valence-electron chi connectivity index (χ4n) is 1.41. The van der Waals surface area contributed by atoms with Gasteiger partial charge in [-0.05, 0) is 23.3 Å². The van der Waals surface area contributed by atoms with Crippen LogP contribution in [0.25, 0.3) is 12.2 Å². The second kappa shape index (κ2) is 9.71. The summed E-state index contributed by atoms with van der Waals surface area (Å²) >= 11 is 0. The van der Waals surface area contributed by atoms with Gasteiger partial charge in [0.1, 0.15) is 0 Å². The molecule has 2 rings (SSSR count). The van der Waals surface area contributed by atoms with E-state index in [0.29, 0.717) is 0 Å². The van der Waals surface area contributed by atoms with Crippen molar-refractivity contribution in [3.8, 4) is 0 Å². The Morgan fingerprint density at radius 3 is 1.36 bits per heavy atom. The molecule has 0 aliphatic carbocycles. The summed E-state index contributed by atoms with van der Waals surface area (Å²) < 4.78 is 14.2. The Labute approximate surface area is 129 Å². The number of ether oxygens (including phenoxy) is 1. The van der Waals surface area contributed by atoms with Crippen LogP contribution in [0.2, 0.25) is 0 Å². The lowest BCUT2D eigenvalue weighted by Gasteiger charge is -1.93. The second-order valence-electron chi connectivity index (χ2n) is 4.08. The molecular formula is C16H17O5P. The molecule has 0 aliphatic rings. The normalized spacial score (nSPS) is 11.2. The Hall–Kier alpha value is -2.17. The van der Waals surface area contributed by atoms with E-state index in [1.165, 1.54) is 0 Å². The van der Waals surface area contributed by atoms with E-state index in [1.54, 1.807) is 12.5 Å². The second-order valence-corrected chi connectivity index (χ2v) is 5.10. The lowest BCUT2D eigenvalue weighted by molar-refractivity contribution is 0.275. The maximum absolute atomic E-state index is 8.88. The van der Waals surface area contributed by atoms with Crippen molar-refractivity contribution in [3.05, 3.63) is 84.3 Å². The first-order chi connectivity index (χ1) is 10.4. The van der Waals surface area contributed by atoms with Crippen LogP contribution in [0.15, 0.2) is 73.2 Å². The van der Waals surface area contributed by atoms with Crippen molar-refractivity contribution in [1.82, 2.24) is 0 Å². The highest BCUT2D eigenvalue weighted by molar-refractivity contribution is 7.45. The molecule has 0 aromatic heterocycles. The highest BCUT2D eigenvalue weighted by atomic mass is 31.2. The van der Waals surface area contributed by atoms with Crippen molar-refractivity contribution < 1.29 is 24.0 Å². The van der Waals surface area contributed by atoms with Crippen LogP contribution in [0.4, 0.5) is 0 Å². The third kappa shape index (κ3) is 10.6. The Balaban J connectivity index is 0.000000422. The van der Waals surface area contributed by atoms with Crippen LogP contribution in [0.3, 0.4) is 0 Å². The van der Waals surface area contributed by atoms with Gasteiger partial charge in [0.2, 0.25) is 0 Å². The summed E-state index contributed by atoms with van der Waals surface area (Å²) in [6.45, 7) is 0. The highest BCUT2D eigenvalue weighted by Crippen LogP contribution is 2.25. The summed E-state index contributed by atoms with van der Waals surface area (Å²) in [6.07, 6.45) is 7.20. The molecule has 0 saturated carbocycles. The van der Waals surface area contributed by atoms with Crippen molar-refractivity contribution in [2.45, 2.75) is 0 Å². The van der Waals surface area contributed by atoms with Crippen molar-refractivity contribution in [2.75, 3.05) is 0 Å². The molecule has 22 heavy (non-hydrogen) atoms. The molecular weight excluding hydrogens is 303 g/mol. The number of hydrogen-bond acceptors (Lipinski definition) is 2. The zero-order valence-corrected chi connectivity index (χ0v) is 12.6. The molecule has 5 nitrogen and oxygen atoms in total. The van der Waals surface area contributed by atoms with E-state index >= 15 is 0 Å². The summed E-state index contributed by atoms with van der Waals surface area (Å²) in [5, 5.41) is 0. The first-order valence-corrected chi connectivity index (χ1v) is 7.88. The van der Waals surface area contributed by atoms with Gasteiger partial charge >= 0.3 is 7.82 Å². The van der Waals surface area contributed by atoms with Crippen molar-refractivity contribution in [2.24, 2.45) is 0 Å². The fourth-order valence-corrected chi connectivity index (χ4v) is 1.41. The van der Waals surface area contributed by atoms with Gasteiger partial charge in [-0.15, -0.1) is 0 Å². The zero-order chi connectivity index (χ0) is 16.3. The summed E-state index contributed by atoms with van der Waals surface area (Å²) in [5.74, 6) is 0. The van der Waals surface area contributed by atoms with Crippen LogP contribution in [0.5, 0.6) is 0 Å². The van der Waals surface area contributed by atoms with E-state index in [0.717, 1.165) is 11.1 Å². The summed E-state index contributed by atoms with van der Waals surface area (Å²) in [6, 6.07) is 20.1. The molecule has 0 fully saturated rings. The highest BCUT2D eigenvalue weighted by Gasteiger charge is 2.00. The van der Waals surface area contributed by atoms with Gasteiger partial charge in [0.05, 0.1) is 12.5 Å². The topological polar surface area (TPSA) is 87.0 Å². The third-order valence-corrected chi connectivity index (χ3v) is 2.28. The van der Waals surface area contributed by atoms with Crippen molar-refractivity contribution in [3.63, 3.8) is 0 Å². The van der Waals surface area contributed by atoms with E-state index in [1.807, 2.05) is 72.8 Å². The van der Waals surface area contributed by atoms with Crippen LogP contribution >= 0.6 is 7.82 Å². The van der Waals surface area contributed by atoms with Gasteiger partial charge in [0.15, 0.2) is 0 Å². The fraction of sp³-hybridized carbons (Fsp3) is 0. The minimum absolute atomic E-state index is 1.13. The summed E-state index contributed by atoms with van der Waals surface area (Å²) in [4.78, 5) is 21.6. The van der Waals surface area contributed by atoms with Crippen LogP contribution in [-0.4, -0.2) is 14.7 Å². The lowest BCUT2D eigenvalue weighted by atomic mass is 10.2. The number of benzene rings is 2. The van der Waals surface area contributed by atoms with E-state index in [4.69, 9.17) is 24.0 Å². The maximum atomic E-state index is 8.88. The number of hydrogen-bond donors (Lipinski definition) is 3. The smallest absolute Gasteiger partial charge is 0.466 e. The molecule has 0 spiro atoms. The molecule has 0 heterocycles. The Bertz CT molecular complexity index is 576. The van der Waals surface area contributed by atoms with E-state index in [-0.39, 0.29) is 0 Å². The molecule has 0 bridgehead atoms. The summed E-state index contributed by atoms with van der Waals surface area (Å²) in [5.41, 5.74) is 2.25. The standard InChI is InChI=1S/C16H14O.H3O4P/c1-3-7-15(8-4-1)11-13-17-14-12-16-9-5-2-6-10-16;1-5(2,3)4/h1-14H;(H3,1,2,3,4). The van der Waals surface area contributed by atoms with Gasteiger partial charge in [-0.3, -0.25) is 0 Å². The Morgan fingerprint density at radius 1 is 0.727 bits per heavy atom. The minimum Gasteiger partial charge on any atom is -0.473 e. The van der Waals surface area contributed by atoms with Crippen molar-refractivity contribution in [1.29, 1.82) is 0 Å². The molecule has 2 aromatic carbocycles. The lowest BCUT2D eigenvalue weighted by Crippen LogP contribution is -1.71. The van der Waals surface area contributed by atoms with Crippen LogP contribution in [-0.2, 0) is 9.30 Å². The zero-order valence-electron chi connectivity index (χ0n) is 11.7. The molecule has 0 aliphatic heterocycles. The molecule has 3 N–H and O–H groups in total. The molecule has 0 amide bonds. The van der Waals surface area contributed by atoms with Crippen molar-refractivity contribution >= 4 is 20.0 Å². The predicted octanol–water partition coefficient (Wildman–Crippen LogP) is 3.42. The predicted molar refractivity (Wildman–Crippen MR) is 86.3 cm³/mol. The molecule has 0 atom stereocenters. The third-order valence-electron chi connectivity index (χ3n) is 2.28. The molecule has 0 radical (unpaired) electrons. The SMILES string of the molecule is C(=Cc1ccccc1)OC=Cc1ccccc1.O=P(O)(O)O. The van der Waals surface area contributed by atoms with Crippen LogP contribution < -0.4 is 0 Å². The Morgan fingerprint density at radius 2 is 1.05 bits per heavy atom. The molecule has 6 heteroatoms. The molecule has 116 valence electrons. The van der Waals surface area contributed by atoms with Gasteiger partial charge in [-0.2, -0.15) is 0 Å². The molecule has 0 unspecified atom stereocenters. The van der Waals surface area contributed by atoms with Gasteiger partial charge in [-0.1, -0.05) is 60.7 Å². The largest absolute Gasteiger partial charge is 0.473 e. The van der Waals surface area contributed by atoms with Gasteiger partial charge < -0.3 is 19.4 Å². The van der Waals surface area contributed by atoms with Crippen LogP contribution in [0, 0.1) is 0 Å². The van der Waals surface area contributed by atoms with E-state index in [9.17, 15) is 0 Å². The first kappa shape index (κ1) is 17.9. The number of phosphoric acid groups is 1. The first-order valence-electron chi connectivity index (χ1n) is 6.32. The van der Waals surface area contributed by atoms with E-state index in [2.05, 4.69) is 0 Å². The average Bonchev–Trinajstić information content (AvgIpc) is 2.47. The van der Waals surface area contributed by atoms with E-state index < -0.39 is 7.82 Å². The molecule has 0 saturated heterocycles. The minimum atomic E-state index is -4.64. The molecule has 2 aromatic rings. The maximum Gasteiger partial charge on any atom is 0.466 e. The van der Waals surface area contributed by atoms with Gasteiger partial charge in [0, 0.05) is 0 Å². The quantitative estimate of drug-likeness (QED) is 0.593. The van der Waals surface area contributed by atoms with Gasteiger partial charge in [0.25, 0.3) is 0 Å². The Kier molecular flexibility index (Phi) is 7.89. The number of rotatable bonds is 4. The van der Waals surface area contributed by atoms with Crippen LogP contribution in [0.1, 0.15) is 11.1 Å².